The number of nitrogens with zero attached hydrogens (tertiary/aromatic N) is 1. The van der Waals surface area contributed by atoms with Crippen LogP contribution in [0, 0.1) is 0 Å². The summed E-state index contributed by atoms with van der Waals surface area (Å²) < 4.78 is 10.5. The van der Waals surface area contributed by atoms with Gasteiger partial charge in [0.25, 0.3) is 0 Å². The molecule has 1 saturated heterocycles. The molecule has 1 atom stereocenters. The number of nitrogens with two attached hydrogens (primary N) is 1. The van der Waals surface area contributed by atoms with Crippen LogP contribution in [0.1, 0.15) is 25.7 Å². The molecule has 1 aliphatic rings. The molecule has 1 aliphatic heterocycles. The number of ether oxygens (including phenoxy) is 2. The molecule has 0 amide bonds. The number of hydrogen-bond acceptors (Lipinski definition) is 3. The van der Waals surface area contributed by atoms with E-state index in [-0.39, 0.29) is 6.10 Å². The van der Waals surface area contributed by atoms with Gasteiger partial charge in [0.15, 0.2) is 0 Å². The van der Waals surface area contributed by atoms with Crippen molar-refractivity contribution in [2.75, 3.05) is 26.9 Å². The Morgan fingerprint density at radius 1 is 1.57 bits per heavy atom. The Morgan fingerprint density at radius 3 is 3.07 bits per heavy atom. The summed E-state index contributed by atoms with van der Waals surface area (Å²) in [5.74, 6) is 0.689. The highest BCUT2D eigenvalue weighted by Crippen LogP contribution is 2.15. The fourth-order valence-corrected chi connectivity index (χ4v) is 1.55. The van der Waals surface area contributed by atoms with Crippen molar-refractivity contribution >= 4 is 5.84 Å². The predicted octanol–water partition coefficient (Wildman–Crippen LogP) is 0.949. The van der Waals surface area contributed by atoms with Gasteiger partial charge in [-0.15, -0.1) is 0 Å². The van der Waals surface area contributed by atoms with Crippen LogP contribution in [0.5, 0.6) is 0 Å². The van der Waals surface area contributed by atoms with Crippen molar-refractivity contribution in [1.29, 1.82) is 0 Å². The third kappa shape index (κ3) is 4.58. The zero-order chi connectivity index (χ0) is 10.2. The van der Waals surface area contributed by atoms with Gasteiger partial charge in [-0.05, 0) is 19.3 Å². The van der Waals surface area contributed by atoms with E-state index < -0.39 is 0 Å². The highest BCUT2D eigenvalue weighted by atomic mass is 16.5. The van der Waals surface area contributed by atoms with Crippen LogP contribution in [0.3, 0.4) is 0 Å². The summed E-state index contributed by atoms with van der Waals surface area (Å²) in [6.45, 7) is 2.15. The van der Waals surface area contributed by atoms with E-state index in [9.17, 15) is 0 Å². The molecule has 2 N–H and O–H groups in total. The van der Waals surface area contributed by atoms with Gasteiger partial charge in [-0.1, -0.05) is 0 Å². The van der Waals surface area contributed by atoms with E-state index in [2.05, 4.69) is 4.99 Å². The topological polar surface area (TPSA) is 56.8 Å². The highest BCUT2D eigenvalue weighted by Gasteiger charge is 2.14. The van der Waals surface area contributed by atoms with E-state index in [1.807, 2.05) is 0 Å². The zero-order valence-electron chi connectivity index (χ0n) is 8.87. The van der Waals surface area contributed by atoms with Gasteiger partial charge < -0.3 is 15.2 Å². The second-order valence-corrected chi connectivity index (χ2v) is 3.56. The van der Waals surface area contributed by atoms with Crippen molar-refractivity contribution in [3.63, 3.8) is 0 Å². The van der Waals surface area contributed by atoms with Gasteiger partial charge in [0, 0.05) is 20.1 Å². The quantitative estimate of drug-likeness (QED) is 0.408. The molecule has 4 nitrogen and oxygen atoms in total. The molecular formula is C10H20N2O2. The Bertz CT molecular complexity index is 177. The number of hydrogen-bond donors (Lipinski definition) is 1. The first-order chi connectivity index (χ1) is 6.83. The average molecular weight is 200 g/mol. The maximum atomic E-state index is 5.76. The van der Waals surface area contributed by atoms with Gasteiger partial charge in [-0.3, -0.25) is 4.99 Å². The van der Waals surface area contributed by atoms with Crippen LogP contribution in [0.2, 0.25) is 0 Å². The van der Waals surface area contributed by atoms with Crippen LogP contribution >= 0.6 is 0 Å². The lowest BCUT2D eigenvalue weighted by molar-refractivity contribution is 0.0209. The molecule has 1 unspecified atom stereocenters. The van der Waals surface area contributed by atoms with E-state index >= 15 is 0 Å². The van der Waals surface area contributed by atoms with Crippen molar-refractivity contribution in [2.45, 2.75) is 31.8 Å². The van der Waals surface area contributed by atoms with Crippen LogP contribution in [0.25, 0.3) is 0 Å². The van der Waals surface area contributed by atoms with Gasteiger partial charge in [-0.25, -0.2) is 0 Å². The zero-order valence-corrected chi connectivity index (χ0v) is 8.87. The standard InChI is InChI=1S/C10H20N2O2/c1-13-7-5-12-10(11)8-9-4-2-3-6-14-9/h9H,2-8H2,1H3,(H2,11,12). The first kappa shape index (κ1) is 11.5. The Hall–Kier alpha value is -0.610. The minimum Gasteiger partial charge on any atom is -0.387 e. The molecule has 1 rings (SSSR count). The van der Waals surface area contributed by atoms with Gasteiger partial charge >= 0.3 is 0 Å². The molecule has 0 aliphatic carbocycles. The largest absolute Gasteiger partial charge is 0.387 e. The molecule has 0 saturated carbocycles. The van der Waals surface area contributed by atoms with Gasteiger partial charge in [0.05, 0.1) is 25.1 Å². The summed E-state index contributed by atoms with van der Waals surface area (Å²) >= 11 is 0. The Kier molecular flexibility index (Phi) is 5.56. The van der Waals surface area contributed by atoms with Crippen LogP contribution in [-0.2, 0) is 9.47 Å². The van der Waals surface area contributed by atoms with Crippen molar-refractivity contribution in [1.82, 2.24) is 0 Å². The second kappa shape index (κ2) is 6.79. The first-order valence-corrected chi connectivity index (χ1v) is 5.22. The molecule has 0 aromatic rings. The third-order valence-corrected chi connectivity index (χ3v) is 2.32. The number of rotatable bonds is 5. The minimum absolute atomic E-state index is 0.287. The van der Waals surface area contributed by atoms with Crippen LogP contribution in [0.15, 0.2) is 4.99 Å². The third-order valence-electron chi connectivity index (χ3n) is 2.32. The molecule has 0 aromatic heterocycles. The summed E-state index contributed by atoms with van der Waals surface area (Å²) in [4.78, 5) is 4.20. The maximum absolute atomic E-state index is 5.76. The summed E-state index contributed by atoms with van der Waals surface area (Å²) in [6.07, 6.45) is 4.59. The minimum atomic E-state index is 0.287. The summed E-state index contributed by atoms with van der Waals surface area (Å²) in [5.41, 5.74) is 5.76. The number of aliphatic imine (C=N–C) groups is 1. The predicted molar refractivity (Wildman–Crippen MR) is 56.6 cm³/mol. The maximum Gasteiger partial charge on any atom is 0.0964 e. The molecule has 82 valence electrons. The SMILES string of the molecule is COCCN=C(N)CC1CCCCO1. The highest BCUT2D eigenvalue weighted by molar-refractivity contribution is 5.80. The molecule has 14 heavy (non-hydrogen) atoms. The normalized spacial score (nSPS) is 23.8. The van der Waals surface area contributed by atoms with Crippen molar-refractivity contribution < 1.29 is 9.47 Å². The monoisotopic (exact) mass is 200 g/mol. The second-order valence-electron chi connectivity index (χ2n) is 3.56. The molecular weight excluding hydrogens is 180 g/mol. The van der Waals surface area contributed by atoms with E-state index in [4.69, 9.17) is 15.2 Å². The van der Waals surface area contributed by atoms with E-state index in [0.717, 1.165) is 19.4 Å². The molecule has 4 heteroatoms. The summed E-state index contributed by atoms with van der Waals surface area (Å²) in [5, 5.41) is 0. The lowest BCUT2D eigenvalue weighted by Crippen LogP contribution is -2.26. The number of amidine groups is 1. The Labute approximate surface area is 85.5 Å². The summed E-state index contributed by atoms with van der Waals surface area (Å²) in [7, 11) is 1.66. The van der Waals surface area contributed by atoms with Crippen molar-refractivity contribution in [3.8, 4) is 0 Å². The molecule has 0 aromatic carbocycles. The summed E-state index contributed by atoms with van der Waals surface area (Å²) in [6, 6.07) is 0. The first-order valence-electron chi connectivity index (χ1n) is 5.22. The average Bonchev–Trinajstić information content (AvgIpc) is 2.20. The lowest BCUT2D eigenvalue weighted by Gasteiger charge is -2.22. The van der Waals surface area contributed by atoms with Crippen LogP contribution < -0.4 is 5.73 Å². The van der Waals surface area contributed by atoms with Gasteiger partial charge in [-0.2, -0.15) is 0 Å². The Balaban J connectivity index is 2.17. The fourth-order valence-electron chi connectivity index (χ4n) is 1.55. The van der Waals surface area contributed by atoms with Crippen LogP contribution in [-0.4, -0.2) is 38.8 Å². The molecule has 0 radical (unpaired) electrons. The fraction of sp³-hybridized carbons (Fsp3) is 0.900. The lowest BCUT2D eigenvalue weighted by atomic mass is 10.1. The number of methoxy groups -OCH3 is 1. The van der Waals surface area contributed by atoms with Crippen molar-refractivity contribution in [2.24, 2.45) is 10.7 Å². The molecule has 0 bridgehead atoms. The van der Waals surface area contributed by atoms with Gasteiger partial charge in [0.2, 0.25) is 0 Å². The van der Waals surface area contributed by atoms with E-state index in [1.54, 1.807) is 7.11 Å². The molecule has 1 fully saturated rings. The molecule has 1 heterocycles. The van der Waals surface area contributed by atoms with E-state index in [1.165, 1.54) is 12.8 Å². The smallest absolute Gasteiger partial charge is 0.0964 e. The van der Waals surface area contributed by atoms with Gasteiger partial charge in [0.1, 0.15) is 0 Å². The van der Waals surface area contributed by atoms with Crippen LogP contribution in [0.4, 0.5) is 0 Å². The van der Waals surface area contributed by atoms with Crippen molar-refractivity contribution in [3.05, 3.63) is 0 Å². The molecule has 0 spiro atoms. The Morgan fingerprint density at radius 2 is 2.43 bits per heavy atom. The van der Waals surface area contributed by atoms with E-state index in [0.29, 0.717) is 19.0 Å².